The first-order valence-electron chi connectivity index (χ1n) is 6.16. The number of nitrogens with one attached hydrogen (secondary N) is 1. The van der Waals surface area contributed by atoms with Crippen molar-refractivity contribution >= 4 is 38.1 Å². The molecule has 2 unspecified atom stereocenters. The Kier molecular flexibility index (Phi) is 4.53. The fourth-order valence-corrected chi connectivity index (χ4v) is 3.98. The number of anilines is 1. The van der Waals surface area contributed by atoms with Gasteiger partial charge >= 0.3 is 0 Å². The van der Waals surface area contributed by atoms with Crippen LogP contribution in [0.5, 0.6) is 0 Å². The van der Waals surface area contributed by atoms with Crippen molar-refractivity contribution in [1.82, 2.24) is 0 Å². The largest absolute Gasteiger partial charge is 0.382 e. The Morgan fingerprint density at radius 2 is 1.89 bits per heavy atom. The lowest BCUT2D eigenvalue weighted by atomic mass is 9.95. The molecule has 0 aromatic heterocycles. The highest BCUT2D eigenvalue weighted by atomic mass is 127. The molecule has 1 aromatic rings. The van der Waals surface area contributed by atoms with Crippen LogP contribution >= 0.6 is 22.6 Å². The summed E-state index contributed by atoms with van der Waals surface area (Å²) in [7, 11) is -2.90. The highest BCUT2D eigenvalue weighted by Crippen LogP contribution is 2.26. The van der Waals surface area contributed by atoms with Gasteiger partial charge in [-0.3, -0.25) is 0 Å². The van der Waals surface area contributed by atoms with Crippen molar-refractivity contribution in [2.75, 3.05) is 11.6 Å². The summed E-state index contributed by atoms with van der Waals surface area (Å²) in [5, 5.41) is 3.27. The molecule has 0 aliphatic heterocycles. The van der Waals surface area contributed by atoms with E-state index in [0.29, 0.717) is 0 Å². The molecule has 100 valence electrons. The van der Waals surface area contributed by atoms with Gasteiger partial charge in [-0.15, -0.1) is 0 Å². The van der Waals surface area contributed by atoms with Crippen LogP contribution in [0.4, 0.5) is 5.69 Å². The summed E-state index contributed by atoms with van der Waals surface area (Å²) in [6.45, 7) is 0. The van der Waals surface area contributed by atoms with E-state index in [2.05, 4.69) is 40.0 Å². The lowest BCUT2D eigenvalue weighted by molar-refractivity contribution is 0.453. The van der Waals surface area contributed by atoms with E-state index in [1.165, 1.54) is 9.83 Å². The Morgan fingerprint density at radius 3 is 2.50 bits per heavy atom. The summed E-state index contributed by atoms with van der Waals surface area (Å²) in [5.41, 5.74) is 1.08. The van der Waals surface area contributed by atoms with Gasteiger partial charge in [-0.25, -0.2) is 8.42 Å². The summed E-state index contributed by atoms with van der Waals surface area (Å²) in [4.78, 5) is 0. The van der Waals surface area contributed by atoms with Crippen LogP contribution in [-0.4, -0.2) is 26.0 Å². The number of hydrogen-bond acceptors (Lipinski definition) is 3. The van der Waals surface area contributed by atoms with E-state index in [0.717, 1.165) is 31.4 Å². The first kappa shape index (κ1) is 14.1. The van der Waals surface area contributed by atoms with Crippen molar-refractivity contribution in [2.45, 2.75) is 37.0 Å². The van der Waals surface area contributed by atoms with E-state index in [1.54, 1.807) is 0 Å². The van der Waals surface area contributed by atoms with Gasteiger partial charge in [-0.2, -0.15) is 0 Å². The van der Waals surface area contributed by atoms with Gasteiger partial charge in [0.15, 0.2) is 0 Å². The predicted octanol–water partition coefficient (Wildman–Crippen LogP) is 3.06. The van der Waals surface area contributed by atoms with E-state index < -0.39 is 9.84 Å². The fraction of sp³-hybridized carbons (Fsp3) is 0.538. The zero-order chi connectivity index (χ0) is 13.2. The van der Waals surface area contributed by atoms with Crippen LogP contribution in [0.15, 0.2) is 24.3 Å². The summed E-state index contributed by atoms with van der Waals surface area (Å²) < 4.78 is 24.4. The molecule has 1 saturated carbocycles. The van der Waals surface area contributed by atoms with Gasteiger partial charge in [0.2, 0.25) is 0 Å². The van der Waals surface area contributed by atoms with E-state index in [4.69, 9.17) is 0 Å². The molecule has 1 aliphatic rings. The first-order valence-corrected chi connectivity index (χ1v) is 9.19. The normalized spacial score (nSPS) is 24.8. The highest BCUT2D eigenvalue weighted by Gasteiger charge is 2.28. The molecule has 0 amide bonds. The highest BCUT2D eigenvalue weighted by molar-refractivity contribution is 14.1. The summed E-state index contributed by atoms with van der Waals surface area (Å²) in [5.74, 6) is 0. The van der Waals surface area contributed by atoms with E-state index in [1.807, 2.05) is 12.1 Å². The molecule has 5 heteroatoms. The van der Waals surface area contributed by atoms with Gasteiger partial charge in [0.25, 0.3) is 0 Å². The molecule has 3 nitrogen and oxygen atoms in total. The maximum Gasteiger partial charge on any atom is 0.150 e. The lowest BCUT2D eigenvalue weighted by Crippen LogP contribution is -2.34. The zero-order valence-electron chi connectivity index (χ0n) is 10.4. The van der Waals surface area contributed by atoms with Gasteiger partial charge in [0.1, 0.15) is 9.84 Å². The topological polar surface area (TPSA) is 46.2 Å². The Hall–Kier alpha value is -0.300. The van der Waals surface area contributed by atoms with Gasteiger partial charge in [0, 0.05) is 21.6 Å². The van der Waals surface area contributed by atoms with Crippen molar-refractivity contribution in [2.24, 2.45) is 0 Å². The van der Waals surface area contributed by atoms with Crippen LogP contribution in [0.2, 0.25) is 0 Å². The minimum absolute atomic E-state index is 0.174. The average molecular weight is 379 g/mol. The SMILES string of the molecule is CS(=O)(=O)C1CCCC(Nc2ccc(I)cc2)C1. The van der Waals surface area contributed by atoms with Crippen molar-refractivity contribution in [3.8, 4) is 0 Å². The van der Waals surface area contributed by atoms with Crippen LogP contribution in [0, 0.1) is 3.57 Å². The van der Waals surface area contributed by atoms with Crippen LogP contribution in [-0.2, 0) is 9.84 Å². The van der Waals surface area contributed by atoms with Crippen molar-refractivity contribution < 1.29 is 8.42 Å². The molecule has 0 bridgehead atoms. The quantitative estimate of drug-likeness (QED) is 0.822. The third kappa shape index (κ3) is 3.85. The van der Waals surface area contributed by atoms with Crippen molar-refractivity contribution in [3.05, 3.63) is 27.8 Å². The molecule has 1 aromatic carbocycles. The number of sulfone groups is 1. The monoisotopic (exact) mass is 379 g/mol. The third-order valence-electron chi connectivity index (χ3n) is 3.45. The molecule has 0 spiro atoms. The molecule has 1 fully saturated rings. The lowest BCUT2D eigenvalue weighted by Gasteiger charge is -2.29. The zero-order valence-corrected chi connectivity index (χ0v) is 13.4. The van der Waals surface area contributed by atoms with Gasteiger partial charge in [0.05, 0.1) is 5.25 Å². The first-order chi connectivity index (χ1) is 8.45. The van der Waals surface area contributed by atoms with Crippen molar-refractivity contribution in [3.63, 3.8) is 0 Å². The molecule has 0 radical (unpaired) electrons. The summed E-state index contributed by atoms with van der Waals surface area (Å²) >= 11 is 2.27. The van der Waals surface area contributed by atoms with Crippen LogP contribution in [0.3, 0.4) is 0 Å². The van der Waals surface area contributed by atoms with E-state index in [9.17, 15) is 8.42 Å². The second-order valence-electron chi connectivity index (χ2n) is 4.97. The summed E-state index contributed by atoms with van der Waals surface area (Å²) in [6.07, 6.45) is 4.93. The van der Waals surface area contributed by atoms with Gasteiger partial charge < -0.3 is 5.32 Å². The Labute approximate surface area is 122 Å². The number of benzene rings is 1. The third-order valence-corrected chi connectivity index (χ3v) is 5.80. The minimum atomic E-state index is -2.90. The Bertz CT molecular complexity index is 498. The second-order valence-corrected chi connectivity index (χ2v) is 8.54. The maximum atomic E-state index is 11.6. The Morgan fingerprint density at radius 1 is 1.22 bits per heavy atom. The smallest absolute Gasteiger partial charge is 0.150 e. The number of halogens is 1. The molecule has 2 rings (SSSR count). The fourth-order valence-electron chi connectivity index (χ4n) is 2.45. The van der Waals surface area contributed by atoms with Gasteiger partial charge in [-0.05, 0) is 66.1 Å². The van der Waals surface area contributed by atoms with Crippen LogP contribution < -0.4 is 5.32 Å². The minimum Gasteiger partial charge on any atom is -0.382 e. The molecular weight excluding hydrogens is 361 g/mol. The van der Waals surface area contributed by atoms with Crippen LogP contribution in [0.1, 0.15) is 25.7 Å². The molecule has 18 heavy (non-hydrogen) atoms. The van der Waals surface area contributed by atoms with Gasteiger partial charge in [-0.1, -0.05) is 6.42 Å². The Balaban J connectivity index is 2.00. The summed E-state index contributed by atoms with van der Waals surface area (Å²) in [6, 6.07) is 8.48. The van der Waals surface area contributed by atoms with E-state index in [-0.39, 0.29) is 11.3 Å². The average Bonchev–Trinajstić information content (AvgIpc) is 2.31. The van der Waals surface area contributed by atoms with Crippen LogP contribution in [0.25, 0.3) is 0 Å². The number of hydrogen-bond donors (Lipinski definition) is 1. The standard InChI is InChI=1S/C13H18INO2S/c1-18(16,17)13-4-2-3-12(9-13)15-11-7-5-10(14)6-8-11/h5-8,12-13,15H,2-4,9H2,1H3. The predicted molar refractivity (Wildman–Crippen MR) is 83.7 cm³/mol. The molecular formula is C13H18INO2S. The molecule has 0 saturated heterocycles. The maximum absolute atomic E-state index is 11.6. The molecule has 1 aliphatic carbocycles. The van der Waals surface area contributed by atoms with Crippen molar-refractivity contribution in [1.29, 1.82) is 0 Å². The molecule has 0 heterocycles. The molecule has 2 atom stereocenters. The van der Waals surface area contributed by atoms with E-state index >= 15 is 0 Å². The number of rotatable bonds is 3. The molecule has 1 N–H and O–H groups in total. The second kappa shape index (κ2) is 5.77.